The van der Waals surface area contributed by atoms with Gasteiger partial charge >= 0.3 is 0 Å². The maximum Gasteiger partial charge on any atom is 0.242 e. The van der Waals surface area contributed by atoms with Gasteiger partial charge in [0.15, 0.2) is 0 Å². The van der Waals surface area contributed by atoms with Crippen LogP contribution in [-0.4, -0.2) is 29.4 Å². The van der Waals surface area contributed by atoms with Crippen molar-refractivity contribution >= 4 is 5.91 Å². The number of carbonyl (C=O) groups excluding carboxylic acids is 1. The van der Waals surface area contributed by atoms with Crippen molar-refractivity contribution in [3.63, 3.8) is 0 Å². The molecule has 1 saturated heterocycles. The molecule has 0 radical (unpaired) electrons. The zero-order chi connectivity index (χ0) is 12.5. The van der Waals surface area contributed by atoms with Crippen LogP contribution in [0.2, 0.25) is 0 Å². The van der Waals surface area contributed by atoms with Crippen molar-refractivity contribution in [2.24, 2.45) is 11.1 Å². The summed E-state index contributed by atoms with van der Waals surface area (Å²) >= 11 is 0. The number of hydrogen-bond donors (Lipinski definition) is 1. The molecule has 2 rings (SSSR count). The summed E-state index contributed by atoms with van der Waals surface area (Å²) < 4.78 is 0. The van der Waals surface area contributed by atoms with Crippen molar-refractivity contribution in [3.05, 3.63) is 0 Å². The van der Waals surface area contributed by atoms with Crippen LogP contribution in [0, 0.1) is 5.41 Å². The first-order chi connectivity index (χ1) is 7.93. The molecule has 2 aliphatic rings. The smallest absolute Gasteiger partial charge is 0.242 e. The first-order valence-electron chi connectivity index (χ1n) is 7.01. The average molecular weight is 238 g/mol. The molecule has 0 spiro atoms. The Morgan fingerprint density at radius 2 is 1.65 bits per heavy atom. The molecule has 98 valence electrons. The van der Waals surface area contributed by atoms with Crippen molar-refractivity contribution in [3.8, 4) is 0 Å². The molecule has 0 bridgehead atoms. The minimum Gasteiger partial charge on any atom is -0.341 e. The maximum absolute atomic E-state index is 12.5. The lowest BCUT2D eigenvalue weighted by molar-refractivity contribution is -0.136. The normalized spacial score (nSPS) is 27.8. The second-order valence-electron chi connectivity index (χ2n) is 6.67. The first-order valence-corrected chi connectivity index (χ1v) is 7.01. The van der Waals surface area contributed by atoms with E-state index in [0.717, 1.165) is 51.6 Å². The summed E-state index contributed by atoms with van der Waals surface area (Å²) in [5, 5.41) is 0. The van der Waals surface area contributed by atoms with Gasteiger partial charge in [-0.05, 0) is 37.5 Å². The highest BCUT2D eigenvalue weighted by atomic mass is 16.2. The van der Waals surface area contributed by atoms with Gasteiger partial charge in [-0.3, -0.25) is 4.79 Å². The number of hydrogen-bond acceptors (Lipinski definition) is 2. The molecule has 2 fully saturated rings. The Morgan fingerprint density at radius 1 is 1.00 bits per heavy atom. The van der Waals surface area contributed by atoms with E-state index in [0.29, 0.717) is 5.41 Å². The van der Waals surface area contributed by atoms with Gasteiger partial charge in [-0.15, -0.1) is 0 Å². The number of likely N-dealkylation sites (tertiary alicyclic amines) is 1. The highest BCUT2D eigenvalue weighted by Crippen LogP contribution is 2.33. The zero-order valence-corrected chi connectivity index (χ0v) is 11.3. The van der Waals surface area contributed by atoms with E-state index in [1.807, 2.05) is 4.90 Å². The molecule has 0 atom stereocenters. The van der Waals surface area contributed by atoms with Gasteiger partial charge in [0.25, 0.3) is 0 Å². The summed E-state index contributed by atoms with van der Waals surface area (Å²) in [6.07, 6.45) is 7.43. The van der Waals surface area contributed by atoms with Gasteiger partial charge in [-0.2, -0.15) is 0 Å². The van der Waals surface area contributed by atoms with Crippen molar-refractivity contribution in [1.29, 1.82) is 0 Å². The van der Waals surface area contributed by atoms with E-state index in [1.165, 1.54) is 6.42 Å². The molecule has 2 N–H and O–H groups in total. The van der Waals surface area contributed by atoms with Crippen molar-refractivity contribution < 1.29 is 4.79 Å². The zero-order valence-electron chi connectivity index (χ0n) is 11.3. The van der Waals surface area contributed by atoms with Crippen LogP contribution >= 0.6 is 0 Å². The van der Waals surface area contributed by atoms with E-state index in [1.54, 1.807) is 0 Å². The molecule has 1 saturated carbocycles. The molecule has 1 heterocycles. The van der Waals surface area contributed by atoms with Gasteiger partial charge in [0.2, 0.25) is 5.91 Å². The summed E-state index contributed by atoms with van der Waals surface area (Å²) in [7, 11) is 0. The quantitative estimate of drug-likeness (QED) is 0.762. The molecule has 17 heavy (non-hydrogen) atoms. The predicted octanol–water partition coefficient (Wildman–Crippen LogP) is 2.30. The summed E-state index contributed by atoms with van der Waals surface area (Å²) in [6, 6.07) is 0. The summed E-state index contributed by atoms with van der Waals surface area (Å²) in [4.78, 5) is 14.5. The van der Waals surface area contributed by atoms with Crippen LogP contribution in [0.5, 0.6) is 0 Å². The predicted molar refractivity (Wildman–Crippen MR) is 69.6 cm³/mol. The Balaban J connectivity index is 2.00. The highest BCUT2D eigenvalue weighted by molar-refractivity contribution is 5.86. The second-order valence-corrected chi connectivity index (χ2v) is 6.67. The van der Waals surface area contributed by atoms with Crippen molar-refractivity contribution in [2.75, 3.05) is 13.1 Å². The van der Waals surface area contributed by atoms with Gasteiger partial charge in [-0.25, -0.2) is 0 Å². The minimum atomic E-state index is -0.533. The van der Waals surface area contributed by atoms with E-state index < -0.39 is 5.54 Å². The molecule has 0 aromatic carbocycles. The average Bonchev–Trinajstić information content (AvgIpc) is 2.62. The molecule has 1 amide bonds. The van der Waals surface area contributed by atoms with Crippen molar-refractivity contribution in [2.45, 2.75) is 64.3 Å². The SMILES string of the molecule is CC1(C)CCCN(C(=O)C2(N)CCCC2)CC1. The van der Waals surface area contributed by atoms with Gasteiger partial charge in [0.05, 0.1) is 5.54 Å². The standard InChI is InChI=1S/C14H26N2O/c1-13(2)6-5-10-16(11-9-13)12(17)14(15)7-3-4-8-14/h3-11,15H2,1-2H3. The molecule has 1 aliphatic carbocycles. The largest absolute Gasteiger partial charge is 0.341 e. The topological polar surface area (TPSA) is 46.3 Å². The van der Waals surface area contributed by atoms with Crippen LogP contribution in [0.3, 0.4) is 0 Å². The highest BCUT2D eigenvalue weighted by Gasteiger charge is 2.40. The molecule has 0 unspecified atom stereocenters. The molecule has 0 aromatic rings. The van der Waals surface area contributed by atoms with Crippen LogP contribution in [0.4, 0.5) is 0 Å². The van der Waals surface area contributed by atoms with E-state index in [9.17, 15) is 4.79 Å². The van der Waals surface area contributed by atoms with Crippen LogP contribution < -0.4 is 5.73 Å². The van der Waals surface area contributed by atoms with E-state index >= 15 is 0 Å². The molecule has 1 aliphatic heterocycles. The molecular weight excluding hydrogens is 212 g/mol. The first kappa shape index (κ1) is 12.9. The summed E-state index contributed by atoms with van der Waals surface area (Å²) in [5.41, 5.74) is 6.11. The molecule has 3 heteroatoms. The van der Waals surface area contributed by atoms with E-state index in [-0.39, 0.29) is 5.91 Å². The van der Waals surface area contributed by atoms with E-state index in [4.69, 9.17) is 5.73 Å². The fourth-order valence-corrected chi connectivity index (χ4v) is 3.16. The monoisotopic (exact) mass is 238 g/mol. The van der Waals surface area contributed by atoms with Crippen LogP contribution in [0.15, 0.2) is 0 Å². The van der Waals surface area contributed by atoms with Gasteiger partial charge < -0.3 is 10.6 Å². The Labute approximate surface area is 105 Å². The fraction of sp³-hybridized carbons (Fsp3) is 0.929. The third-order valence-electron chi connectivity index (χ3n) is 4.55. The second kappa shape index (κ2) is 4.60. The number of carbonyl (C=O) groups is 1. The Kier molecular flexibility index (Phi) is 3.48. The Bertz CT molecular complexity index is 293. The van der Waals surface area contributed by atoms with Crippen LogP contribution in [-0.2, 0) is 4.79 Å². The third-order valence-corrected chi connectivity index (χ3v) is 4.55. The number of amides is 1. The van der Waals surface area contributed by atoms with Gasteiger partial charge in [0.1, 0.15) is 0 Å². The van der Waals surface area contributed by atoms with E-state index in [2.05, 4.69) is 13.8 Å². The molecule has 0 aromatic heterocycles. The minimum absolute atomic E-state index is 0.215. The Hall–Kier alpha value is -0.570. The maximum atomic E-state index is 12.5. The number of nitrogens with two attached hydrogens (primary N) is 1. The van der Waals surface area contributed by atoms with Gasteiger partial charge in [-0.1, -0.05) is 26.7 Å². The number of rotatable bonds is 1. The lowest BCUT2D eigenvalue weighted by Gasteiger charge is -2.31. The van der Waals surface area contributed by atoms with Gasteiger partial charge in [0, 0.05) is 13.1 Å². The van der Waals surface area contributed by atoms with Crippen LogP contribution in [0.25, 0.3) is 0 Å². The fourth-order valence-electron chi connectivity index (χ4n) is 3.16. The number of nitrogens with zero attached hydrogens (tertiary/aromatic N) is 1. The Morgan fingerprint density at radius 3 is 2.29 bits per heavy atom. The van der Waals surface area contributed by atoms with Crippen molar-refractivity contribution in [1.82, 2.24) is 4.90 Å². The van der Waals surface area contributed by atoms with Crippen LogP contribution in [0.1, 0.15) is 58.8 Å². The lowest BCUT2D eigenvalue weighted by Crippen LogP contribution is -2.53. The third kappa shape index (κ3) is 2.82. The molecule has 3 nitrogen and oxygen atoms in total. The molecular formula is C14H26N2O. The lowest BCUT2D eigenvalue weighted by atomic mass is 9.85. The summed E-state index contributed by atoms with van der Waals surface area (Å²) in [5.74, 6) is 0.215. The summed E-state index contributed by atoms with van der Waals surface area (Å²) in [6.45, 7) is 6.40.